The molecule has 0 aliphatic carbocycles. The summed E-state index contributed by atoms with van der Waals surface area (Å²) in [4.78, 5) is 2.53. The van der Waals surface area contributed by atoms with Crippen molar-refractivity contribution in [1.29, 1.82) is 0 Å². The zero-order valence-corrected chi connectivity index (χ0v) is 23.0. The zero-order chi connectivity index (χ0) is 26.7. The summed E-state index contributed by atoms with van der Waals surface area (Å²) in [5.74, 6) is 0. The molecule has 0 N–H and O–H groups in total. The van der Waals surface area contributed by atoms with E-state index in [-0.39, 0.29) is 12.1 Å². The van der Waals surface area contributed by atoms with Gasteiger partial charge in [0.1, 0.15) is 0 Å². The molecule has 1 nitrogen and oxygen atoms in total. The summed E-state index contributed by atoms with van der Waals surface area (Å²) < 4.78 is 0. The molecule has 2 heterocycles. The van der Waals surface area contributed by atoms with Gasteiger partial charge in [0.25, 0.3) is 0 Å². The fourth-order valence-electron chi connectivity index (χ4n) is 7.51. The van der Waals surface area contributed by atoms with E-state index < -0.39 is 0 Å². The maximum absolute atomic E-state index is 2.53. The van der Waals surface area contributed by atoms with Crippen LogP contribution in [-0.2, 0) is 5.41 Å². The number of nitrogens with zero attached hydrogens (tertiary/aromatic N) is 1. The Bertz CT molecular complexity index is 2150. The van der Waals surface area contributed by atoms with Gasteiger partial charge in [-0.05, 0) is 78.2 Å². The topological polar surface area (TPSA) is 3.24 Å². The number of fused-ring (bicyclic) bond motifs is 5. The van der Waals surface area contributed by atoms with E-state index in [4.69, 9.17) is 0 Å². The maximum Gasteiger partial charge on any atom is 0.248 e. The molecule has 7 aromatic carbocycles. The van der Waals surface area contributed by atoms with Crippen molar-refractivity contribution in [3.63, 3.8) is 0 Å². The van der Waals surface area contributed by atoms with Gasteiger partial charge < -0.3 is 4.90 Å². The molecular weight excluding hydrogens is 481 g/mol. The van der Waals surface area contributed by atoms with Crippen molar-refractivity contribution in [3.8, 4) is 11.1 Å². The van der Waals surface area contributed by atoms with Gasteiger partial charge in [-0.2, -0.15) is 0 Å². The van der Waals surface area contributed by atoms with Gasteiger partial charge in [0.15, 0.2) is 0 Å². The Balaban J connectivity index is 1.37. The molecule has 0 atom stereocenters. The van der Waals surface area contributed by atoms with E-state index in [2.05, 4.69) is 141 Å². The van der Waals surface area contributed by atoms with Crippen molar-refractivity contribution < 1.29 is 0 Å². The number of para-hydroxylation sites is 1. The smallest absolute Gasteiger partial charge is 0.248 e. The Kier molecular flexibility index (Phi) is 4.20. The summed E-state index contributed by atoms with van der Waals surface area (Å²) >= 11 is 0. The molecular formula is C38H28BN. The molecule has 2 aliphatic rings. The first-order valence-corrected chi connectivity index (χ1v) is 14.3. The molecule has 0 aromatic heterocycles. The van der Waals surface area contributed by atoms with Gasteiger partial charge in [0.05, 0.1) is 5.69 Å². The number of rotatable bonds is 1. The highest BCUT2D eigenvalue weighted by Gasteiger charge is 2.42. The molecule has 40 heavy (non-hydrogen) atoms. The number of anilines is 3. The van der Waals surface area contributed by atoms with E-state index in [1.807, 2.05) is 0 Å². The summed E-state index contributed by atoms with van der Waals surface area (Å²) in [6.45, 7) is 7.17. The van der Waals surface area contributed by atoms with Crippen LogP contribution in [0.3, 0.4) is 0 Å². The summed E-state index contributed by atoms with van der Waals surface area (Å²) in [6.07, 6.45) is 0. The Morgan fingerprint density at radius 3 is 2.05 bits per heavy atom. The van der Waals surface area contributed by atoms with Crippen molar-refractivity contribution >= 4 is 72.5 Å². The van der Waals surface area contributed by atoms with Crippen molar-refractivity contribution in [2.75, 3.05) is 4.90 Å². The van der Waals surface area contributed by atoms with Gasteiger partial charge in [-0.15, -0.1) is 0 Å². The Morgan fingerprint density at radius 2 is 1.23 bits per heavy atom. The minimum absolute atomic E-state index is 0.108. The van der Waals surface area contributed by atoms with E-state index in [1.165, 1.54) is 82.5 Å². The van der Waals surface area contributed by atoms with Gasteiger partial charge in [0.2, 0.25) is 6.71 Å². The molecule has 0 spiro atoms. The summed E-state index contributed by atoms with van der Waals surface area (Å²) in [7, 11) is 0. The minimum Gasteiger partial charge on any atom is -0.311 e. The molecule has 188 valence electrons. The Hall–Kier alpha value is -4.56. The van der Waals surface area contributed by atoms with Crippen LogP contribution in [0.1, 0.15) is 26.3 Å². The maximum atomic E-state index is 2.53. The molecule has 0 fully saturated rings. The highest BCUT2D eigenvalue weighted by atomic mass is 15.2. The molecule has 0 saturated heterocycles. The van der Waals surface area contributed by atoms with E-state index in [0.29, 0.717) is 0 Å². The van der Waals surface area contributed by atoms with Crippen LogP contribution in [0.5, 0.6) is 0 Å². The van der Waals surface area contributed by atoms with Crippen LogP contribution in [0.25, 0.3) is 43.4 Å². The van der Waals surface area contributed by atoms with Crippen LogP contribution in [0.15, 0.2) is 115 Å². The average molecular weight is 509 g/mol. The lowest BCUT2D eigenvalue weighted by Crippen LogP contribution is -2.54. The largest absolute Gasteiger partial charge is 0.311 e. The standard InChI is InChI=1S/C38H28BN/c1-38(2,3)26-18-20-30-29(22-26)27-10-7-13-34-37(27)39(30)31-11-4-5-12-33(31)40(34)32-21-17-25-15-14-23-8-6-9-24-16-19-28(32)36(25)35(23)24/h4-22H,1-3H3. The van der Waals surface area contributed by atoms with Crippen LogP contribution in [0.4, 0.5) is 17.1 Å². The Labute approximate surface area is 235 Å². The molecule has 0 amide bonds. The zero-order valence-electron chi connectivity index (χ0n) is 23.0. The first-order valence-electron chi connectivity index (χ1n) is 14.3. The fourth-order valence-corrected chi connectivity index (χ4v) is 7.51. The second-order valence-corrected chi connectivity index (χ2v) is 12.6. The fraction of sp³-hybridized carbons (Fsp3) is 0.105. The monoisotopic (exact) mass is 509 g/mol. The summed E-state index contributed by atoms with van der Waals surface area (Å²) in [6, 6.07) is 43.6. The Morgan fingerprint density at radius 1 is 0.525 bits per heavy atom. The molecule has 0 bridgehead atoms. The number of hydrogen-bond donors (Lipinski definition) is 0. The molecule has 2 aliphatic heterocycles. The SMILES string of the molecule is CC(C)(C)c1ccc2c(c1)-c1cccc3c1B2c1ccccc1N3c1ccc2ccc3cccc4ccc1c2c34. The van der Waals surface area contributed by atoms with E-state index >= 15 is 0 Å². The molecule has 0 radical (unpaired) electrons. The minimum atomic E-state index is 0.108. The van der Waals surface area contributed by atoms with Gasteiger partial charge in [-0.1, -0.05) is 123 Å². The van der Waals surface area contributed by atoms with Crippen LogP contribution in [-0.4, -0.2) is 6.71 Å². The second kappa shape index (κ2) is 7.55. The second-order valence-electron chi connectivity index (χ2n) is 12.6. The average Bonchev–Trinajstić information content (AvgIpc) is 3.31. The van der Waals surface area contributed by atoms with Gasteiger partial charge in [-0.3, -0.25) is 0 Å². The molecule has 7 aromatic rings. The molecule has 9 rings (SSSR count). The lowest BCUT2D eigenvalue weighted by molar-refractivity contribution is 0.590. The molecule has 0 unspecified atom stereocenters. The van der Waals surface area contributed by atoms with E-state index in [9.17, 15) is 0 Å². The van der Waals surface area contributed by atoms with E-state index in [0.717, 1.165) is 0 Å². The molecule has 0 saturated carbocycles. The highest BCUT2D eigenvalue weighted by molar-refractivity contribution is 7.01. The van der Waals surface area contributed by atoms with Gasteiger partial charge >= 0.3 is 0 Å². The third kappa shape index (κ3) is 2.78. The van der Waals surface area contributed by atoms with Crippen LogP contribution in [0, 0.1) is 0 Å². The predicted octanol–water partition coefficient (Wildman–Crippen LogP) is 8.16. The van der Waals surface area contributed by atoms with E-state index in [1.54, 1.807) is 0 Å². The third-order valence-electron chi connectivity index (χ3n) is 9.37. The van der Waals surface area contributed by atoms with Crippen molar-refractivity contribution in [2.24, 2.45) is 0 Å². The van der Waals surface area contributed by atoms with Crippen molar-refractivity contribution in [2.45, 2.75) is 26.2 Å². The first kappa shape index (κ1) is 22.3. The van der Waals surface area contributed by atoms with Gasteiger partial charge in [-0.25, -0.2) is 0 Å². The van der Waals surface area contributed by atoms with Crippen LogP contribution < -0.4 is 21.3 Å². The summed E-state index contributed by atoms with van der Waals surface area (Å²) in [5, 5.41) is 7.93. The normalized spacial score (nSPS) is 13.8. The lowest BCUT2D eigenvalue weighted by Gasteiger charge is -2.36. The quantitative estimate of drug-likeness (QED) is 0.159. The highest BCUT2D eigenvalue weighted by Crippen LogP contribution is 2.46. The van der Waals surface area contributed by atoms with Crippen LogP contribution >= 0.6 is 0 Å². The van der Waals surface area contributed by atoms with Crippen molar-refractivity contribution in [1.82, 2.24) is 0 Å². The van der Waals surface area contributed by atoms with Crippen molar-refractivity contribution in [3.05, 3.63) is 121 Å². The summed E-state index contributed by atoms with van der Waals surface area (Å²) in [5.41, 5.74) is 12.3. The third-order valence-corrected chi connectivity index (χ3v) is 9.37. The predicted molar refractivity (Wildman–Crippen MR) is 174 cm³/mol. The lowest BCUT2D eigenvalue weighted by atomic mass is 9.37. The number of hydrogen-bond acceptors (Lipinski definition) is 1. The first-order chi connectivity index (χ1) is 19.5. The molecule has 2 heteroatoms. The van der Waals surface area contributed by atoms with Gasteiger partial charge in [0, 0.05) is 16.8 Å². The van der Waals surface area contributed by atoms with Crippen LogP contribution in [0.2, 0.25) is 0 Å². The number of benzene rings is 7.